The SMILES string of the molecule is C[C@@H](C(=O)O)c1ccccc1C(F)(F)F. The van der Waals surface area contributed by atoms with Crippen molar-refractivity contribution >= 4 is 5.97 Å². The number of alkyl halides is 3. The number of hydrogen-bond donors (Lipinski definition) is 1. The van der Waals surface area contributed by atoms with Crippen LogP contribution in [0.15, 0.2) is 24.3 Å². The number of carboxylic acids is 1. The van der Waals surface area contributed by atoms with Gasteiger partial charge in [-0.15, -0.1) is 0 Å². The first-order valence-electron chi connectivity index (χ1n) is 4.23. The van der Waals surface area contributed by atoms with E-state index in [0.29, 0.717) is 0 Å². The van der Waals surface area contributed by atoms with E-state index in [1.165, 1.54) is 25.1 Å². The lowest BCUT2D eigenvalue weighted by Crippen LogP contribution is -2.15. The highest BCUT2D eigenvalue weighted by molar-refractivity contribution is 5.76. The van der Waals surface area contributed by atoms with E-state index in [4.69, 9.17) is 5.11 Å². The molecule has 0 aromatic heterocycles. The summed E-state index contributed by atoms with van der Waals surface area (Å²) in [5.74, 6) is -2.44. The van der Waals surface area contributed by atoms with Gasteiger partial charge in [-0.3, -0.25) is 4.79 Å². The fraction of sp³-hybridized carbons (Fsp3) is 0.300. The molecular weight excluding hydrogens is 209 g/mol. The van der Waals surface area contributed by atoms with Crippen LogP contribution in [0.5, 0.6) is 0 Å². The highest BCUT2D eigenvalue weighted by Crippen LogP contribution is 2.34. The molecule has 0 aliphatic heterocycles. The number of aliphatic carboxylic acids is 1. The molecule has 15 heavy (non-hydrogen) atoms. The van der Waals surface area contributed by atoms with Crippen LogP contribution in [0, 0.1) is 0 Å². The summed E-state index contributed by atoms with van der Waals surface area (Å²) in [5.41, 5.74) is -1.10. The molecule has 82 valence electrons. The van der Waals surface area contributed by atoms with Gasteiger partial charge in [0.05, 0.1) is 11.5 Å². The van der Waals surface area contributed by atoms with Gasteiger partial charge in [-0.25, -0.2) is 0 Å². The molecule has 1 atom stereocenters. The summed E-state index contributed by atoms with van der Waals surface area (Å²) < 4.78 is 37.4. The predicted octanol–water partition coefficient (Wildman–Crippen LogP) is 2.89. The Bertz CT molecular complexity index is 371. The monoisotopic (exact) mass is 218 g/mol. The van der Waals surface area contributed by atoms with Crippen molar-refractivity contribution in [3.05, 3.63) is 35.4 Å². The van der Waals surface area contributed by atoms with Gasteiger partial charge >= 0.3 is 12.1 Å². The quantitative estimate of drug-likeness (QED) is 0.828. The molecule has 2 nitrogen and oxygen atoms in total. The van der Waals surface area contributed by atoms with Crippen LogP contribution < -0.4 is 0 Å². The van der Waals surface area contributed by atoms with Crippen LogP contribution >= 0.6 is 0 Å². The van der Waals surface area contributed by atoms with Gasteiger partial charge in [0.25, 0.3) is 0 Å². The highest BCUT2D eigenvalue weighted by atomic mass is 19.4. The van der Waals surface area contributed by atoms with E-state index in [2.05, 4.69) is 0 Å². The molecule has 0 aliphatic carbocycles. The molecule has 0 saturated heterocycles. The summed E-state index contributed by atoms with van der Waals surface area (Å²) in [6, 6.07) is 4.70. The summed E-state index contributed by atoms with van der Waals surface area (Å²) in [7, 11) is 0. The van der Waals surface area contributed by atoms with Crippen LogP contribution in [0.1, 0.15) is 24.0 Å². The Hall–Kier alpha value is -1.52. The summed E-state index contributed by atoms with van der Waals surface area (Å²) in [4.78, 5) is 10.6. The van der Waals surface area contributed by atoms with Crippen molar-refractivity contribution in [2.75, 3.05) is 0 Å². The Labute approximate surface area is 84.3 Å². The van der Waals surface area contributed by atoms with E-state index in [9.17, 15) is 18.0 Å². The smallest absolute Gasteiger partial charge is 0.416 e. The summed E-state index contributed by atoms with van der Waals surface area (Å²) >= 11 is 0. The summed E-state index contributed by atoms with van der Waals surface area (Å²) in [6.07, 6.45) is -4.51. The van der Waals surface area contributed by atoms with Gasteiger partial charge in [-0.2, -0.15) is 13.2 Å². The Kier molecular flexibility index (Phi) is 3.02. The van der Waals surface area contributed by atoms with Crippen molar-refractivity contribution in [3.63, 3.8) is 0 Å². The first-order valence-corrected chi connectivity index (χ1v) is 4.23. The zero-order valence-corrected chi connectivity index (χ0v) is 7.88. The Balaban J connectivity index is 3.24. The molecule has 1 rings (SSSR count). The average Bonchev–Trinajstić information content (AvgIpc) is 2.15. The standard InChI is InChI=1S/C10H9F3O2/c1-6(9(14)15)7-4-2-3-5-8(7)10(11,12)13/h2-6H,1H3,(H,14,15)/t6-/m1/s1. The first-order chi connectivity index (χ1) is 6.84. The number of carbonyl (C=O) groups is 1. The van der Waals surface area contributed by atoms with Crippen LogP contribution in [-0.2, 0) is 11.0 Å². The van der Waals surface area contributed by atoms with Crippen molar-refractivity contribution in [2.24, 2.45) is 0 Å². The van der Waals surface area contributed by atoms with Gasteiger partial charge in [0, 0.05) is 0 Å². The minimum absolute atomic E-state index is 0.211. The van der Waals surface area contributed by atoms with Crippen LogP contribution in [0.2, 0.25) is 0 Å². The topological polar surface area (TPSA) is 37.3 Å². The highest BCUT2D eigenvalue weighted by Gasteiger charge is 2.35. The summed E-state index contributed by atoms with van der Waals surface area (Å²) in [6.45, 7) is 1.23. The minimum Gasteiger partial charge on any atom is -0.481 e. The molecule has 0 saturated carbocycles. The maximum atomic E-state index is 12.5. The molecule has 1 N–H and O–H groups in total. The van der Waals surface area contributed by atoms with Gasteiger partial charge in [0.1, 0.15) is 0 Å². The van der Waals surface area contributed by atoms with Gasteiger partial charge in [-0.05, 0) is 18.6 Å². The van der Waals surface area contributed by atoms with Crippen LogP contribution in [0.4, 0.5) is 13.2 Å². The number of hydrogen-bond acceptors (Lipinski definition) is 1. The van der Waals surface area contributed by atoms with E-state index in [0.717, 1.165) is 6.07 Å². The Morgan fingerprint density at radius 3 is 2.33 bits per heavy atom. The number of benzene rings is 1. The number of carboxylic acid groups (broad SMARTS) is 1. The zero-order chi connectivity index (χ0) is 11.6. The molecule has 5 heteroatoms. The minimum atomic E-state index is -4.51. The van der Waals surface area contributed by atoms with Crippen molar-refractivity contribution < 1.29 is 23.1 Å². The third-order valence-corrected chi connectivity index (χ3v) is 2.10. The van der Waals surface area contributed by atoms with E-state index in [1.807, 2.05) is 0 Å². The Morgan fingerprint density at radius 1 is 1.33 bits per heavy atom. The molecule has 0 aliphatic rings. The first kappa shape index (κ1) is 11.6. The fourth-order valence-electron chi connectivity index (χ4n) is 1.27. The molecule has 1 aromatic rings. The van der Waals surface area contributed by atoms with Crippen molar-refractivity contribution in [2.45, 2.75) is 19.0 Å². The molecule has 0 radical (unpaired) electrons. The lowest BCUT2D eigenvalue weighted by Gasteiger charge is -2.14. The third kappa shape index (κ3) is 2.49. The maximum absolute atomic E-state index is 12.5. The largest absolute Gasteiger partial charge is 0.481 e. The Morgan fingerprint density at radius 2 is 1.87 bits per heavy atom. The van der Waals surface area contributed by atoms with Gasteiger partial charge in [0.15, 0.2) is 0 Å². The van der Waals surface area contributed by atoms with Crippen molar-refractivity contribution in [1.29, 1.82) is 0 Å². The molecule has 1 aromatic carbocycles. The molecule has 0 fully saturated rings. The number of halogens is 3. The second kappa shape index (κ2) is 3.92. The fourth-order valence-corrected chi connectivity index (χ4v) is 1.27. The van der Waals surface area contributed by atoms with E-state index < -0.39 is 23.6 Å². The van der Waals surface area contributed by atoms with Gasteiger partial charge in [0.2, 0.25) is 0 Å². The molecule has 0 unspecified atom stereocenters. The van der Waals surface area contributed by atoms with Gasteiger partial charge in [-0.1, -0.05) is 18.2 Å². The molecule has 0 bridgehead atoms. The van der Waals surface area contributed by atoms with Crippen LogP contribution in [0.3, 0.4) is 0 Å². The second-order valence-electron chi connectivity index (χ2n) is 3.14. The predicted molar refractivity (Wildman–Crippen MR) is 47.5 cm³/mol. The van der Waals surface area contributed by atoms with E-state index in [-0.39, 0.29) is 5.56 Å². The van der Waals surface area contributed by atoms with Gasteiger partial charge < -0.3 is 5.11 Å². The maximum Gasteiger partial charge on any atom is 0.416 e. The van der Waals surface area contributed by atoms with E-state index >= 15 is 0 Å². The molecule has 0 spiro atoms. The normalized spacial score (nSPS) is 13.6. The summed E-state index contributed by atoms with van der Waals surface area (Å²) in [5, 5.41) is 8.66. The number of rotatable bonds is 2. The van der Waals surface area contributed by atoms with E-state index in [1.54, 1.807) is 0 Å². The molecular formula is C10H9F3O2. The van der Waals surface area contributed by atoms with Crippen molar-refractivity contribution in [1.82, 2.24) is 0 Å². The zero-order valence-electron chi connectivity index (χ0n) is 7.88. The lowest BCUT2D eigenvalue weighted by molar-refractivity contribution is -0.141. The van der Waals surface area contributed by atoms with Crippen LogP contribution in [-0.4, -0.2) is 11.1 Å². The lowest BCUT2D eigenvalue weighted by atomic mass is 9.95. The molecule has 0 amide bonds. The molecule has 0 heterocycles. The second-order valence-corrected chi connectivity index (χ2v) is 3.14. The average molecular weight is 218 g/mol. The van der Waals surface area contributed by atoms with Crippen LogP contribution in [0.25, 0.3) is 0 Å². The van der Waals surface area contributed by atoms with Crippen molar-refractivity contribution in [3.8, 4) is 0 Å². The third-order valence-electron chi connectivity index (χ3n) is 2.10.